The maximum Gasteiger partial charge on any atom is 0.335 e. The molecule has 0 saturated carbocycles. The van der Waals surface area contributed by atoms with Crippen molar-refractivity contribution in [3.8, 4) is 0 Å². The molecule has 2 amide bonds. The molecule has 2 aromatic carbocycles. The molecule has 134 valence electrons. The van der Waals surface area contributed by atoms with Crippen molar-refractivity contribution in [3.63, 3.8) is 0 Å². The molecule has 3 rings (SSSR count). The van der Waals surface area contributed by atoms with Gasteiger partial charge in [-0.15, -0.1) is 0 Å². The van der Waals surface area contributed by atoms with Crippen molar-refractivity contribution in [3.05, 3.63) is 71.3 Å². The van der Waals surface area contributed by atoms with Crippen LogP contribution in [0, 0.1) is 5.92 Å². The van der Waals surface area contributed by atoms with Crippen LogP contribution in [0.25, 0.3) is 0 Å². The van der Waals surface area contributed by atoms with Crippen LogP contribution < -0.4 is 5.32 Å². The van der Waals surface area contributed by atoms with Gasteiger partial charge in [-0.1, -0.05) is 42.5 Å². The zero-order valence-electron chi connectivity index (χ0n) is 14.2. The largest absolute Gasteiger partial charge is 0.478 e. The van der Waals surface area contributed by atoms with Crippen molar-refractivity contribution in [2.45, 2.75) is 19.5 Å². The summed E-state index contributed by atoms with van der Waals surface area (Å²) in [6.07, 6.45) is 0.219. The van der Waals surface area contributed by atoms with Gasteiger partial charge in [0, 0.05) is 26.1 Å². The molecule has 0 spiro atoms. The summed E-state index contributed by atoms with van der Waals surface area (Å²) < 4.78 is 0. The minimum Gasteiger partial charge on any atom is -0.478 e. The normalized spacial score (nSPS) is 16.5. The van der Waals surface area contributed by atoms with Gasteiger partial charge in [-0.3, -0.25) is 9.59 Å². The molecule has 1 aliphatic rings. The zero-order valence-corrected chi connectivity index (χ0v) is 14.2. The lowest BCUT2D eigenvalue weighted by molar-refractivity contribution is -0.129. The van der Waals surface area contributed by atoms with Crippen LogP contribution in [0.4, 0.5) is 0 Å². The summed E-state index contributed by atoms with van der Waals surface area (Å²) in [6, 6.07) is 16.0. The van der Waals surface area contributed by atoms with Crippen LogP contribution in [-0.4, -0.2) is 34.3 Å². The maximum atomic E-state index is 12.4. The Bertz CT molecular complexity index is 802. The summed E-state index contributed by atoms with van der Waals surface area (Å²) in [7, 11) is 0. The quantitative estimate of drug-likeness (QED) is 0.833. The van der Waals surface area contributed by atoms with E-state index >= 15 is 0 Å². The standard InChI is InChI=1S/C20H20N2O4/c23-18-10-17(13-22(18)12-15-4-2-1-3-5-15)19(24)21-11-14-6-8-16(9-7-14)20(25)26/h1-9,17H,10-13H2,(H,21,24)(H,25,26). The minimum absolute atomic E-state index is 0.0141. The molecule has 6 heteroatoms. The van der Waals surface area contributed by atoms with Crippen LogP contribution in [-0.2, 0) is 22.7 Å². The highest BCUT2D eigenvalue weighted by Crippen LogP contribution is 2.20. The van der Waals surface area contributed by atoms with E-state index in [4.69, 9.17) is 5.11 Å². The van der Waals surface area contributed by atoms with E-state index in [1.807, 2.05) is 30.3 Å². The topological polar surface area (TPSA) is 86.7 Å². The van der Waals surface area contributed by atoms with E-state index in [0.29, 0.717) is 19.6 Å². The number of carboxylic acid groups (broad SMARTS) is 1. The van der Waals surface area contributed by atoms with Crippen LogP contribution in [0.5, 0.6) is 0 Å². The number of hydrogen-bond donors (Lipinski definition) is 2. The second-order valence-electron chi connectivity index (χ2n) is 6.38. The molecular weight excluding hydrogens is 332 g/mol. The number of aromatic carboxylic acids is 1. The Hall–Kier alpha value is -3.15. The van der Waals surface area contributed by atoms with Gasteiger partial charge in [-0.2, -0.15) is 0 Å². The van der Waals surface area contributed by atoms with Crippen LogP contribution >= 0.6 is 0 Å². The monoisotopic (exact) mass is 352 g/mol. The number of amides is 2. The molecule has 1 fully saturated rings. The number of rotatable bonds is 6. The maximum absolute atomic E-state index is 12.4. The van der Waals surface area contributed by atoms with Crippen molar-refractivity contribution in [2.75, 3.05) is 6.54 Å². The van der Waals surface area contributed by atoms with Gasteiger partial charge in [0.25, 0.3) is 0 Å². The average molecular weight is 352 g/mol. The summed E-state index contributed by atoms with van der Waals surface area (Å²) in [5, 5.41) is 11.7. The first kappa shape index (κ1) is 17.7. The van der Waals surface area contributed by atoms with Gasteiger partial charge in [0.15, 0.2) is 0 Å². The third-order valence-corrected chi connectivity index (χ3v) is 4.47. The lowest BCUT2D eigenvalue weighted by Crippen LogP contribution is -2.32. The molecule has 1 aliphatic heterocycles. The SMILES string of the molecule is O=C(O)c1ccc(CNC(=O)C2CC(=O)N(Cc3ccccc3)C2)cc1. The highest BCUT2D eigenvalue weighted by molar-refractivity contribution is 5.89. The van der Waals surface area contributed by atoms with Gasteiger partial charge < -0.3 is 15.3 Å². The Kier molecular flexibility index (Phi) is 5.31. The van der Waals surface area contributed by atoms with Crippen molar-refractivity contribution < 1.29 is 19.5 Å². The zero-order chi connectivity index (χ0) is 18.5. The first-order chi connectivity index (χ1) is 12.5. The highest BCUT2D eigenvalue weighted by atomic mass is 16.4. The smallest absolute Gasteiger partial charge is 0.335 e. The Morgan fingerprint density at radius 2 is 1.73 bits per heavy atom. The molecule has 2 N–H and O–H groups in total. The van der Waals surface area contributed by atoms with E-state index in [9.17, 15) is 14.4 Å². The van der Waals surface area contributed by atoms with Crippen LogP contribution in [0.3, 0.4) is 0 Å². The number of benzene rings is 2. The number of carbonyl (C=O) groups excluding carboxylic acids is 2. The molecule has 26 heavy (non-hydrogen) atoms. The van der Waals surface area contributed by atoms with E-state index in [2.05, 4.69) is 5.32 Å². The van der Waals surface area contributed by atoms with Crippen LogP contribution in [0.1, 0.15) is 27.9 Å². The van der Waals surface area contributed by atoms with Gasteiger partial charge in [-0.25, -0.2) is 4.79 Å². The number of hydrogen-bond acceptors (Lipinski definition) is 3. The summed E-state index contributed by atoms with van der Waals surface area (Å²) in [6.45, 7) is 1.24. The molecule has 1 unspecified atom stereocenters. The van der Waals surface area contributed by atoms with E-state index in [1.165, 1.54) is 12.1 Å². The van der Waals surface area contributed by atoms with E-state index in [1.54, 1.807) is 17.0 Å². The van der Waals surface area contributed by atoms with Gasteiger partial charge in [0.2, 0.25) is 11.8 Å². The second kappa shape index (κ2) is 7.82. The molecule has 0 radical (unpaired) electrons. The number of likely N-dealkylation sites (tertiary alicyclic amines) is 1. The van der Waals surface area contributed by atoms with E-state index < -0.39 is 5.97 Å². The van der Waals surface area contributed by atoms with Crippen molar-refractivity contribution >= 4 is 17.8 Å². The van der Waals surface area contributed by atoms with Crippen molar-refractivity contribution in [1.29, 1.82) is 0 Å². The van der Waals surface area contributed by atoms with Crippen molar-refractivity contribution in [2.24, 2.45) is 5.92 Å². The second-order valence-corrected chi connectivity index (χ2v) is 6.38. The number of carboxylic acids is 1. The minimum atomic E-state index is -0.983. The van der Waals surface area contributed by atoms with Gasteiger partial charge in [0.1, 0.15) is 0 Å². The van der Waals surface area contributed by atoms with E-state index in [0.717, 1.165) is 11.1 Å². The molecule has 1 atom stereocenters. The highest BCUT2D eigenvalue weighted by Gasteiger charge is 2.34. The van der Waals surface area contributed by atoms with Gasteiger partial charge in [0.05, 0.1) is 11.5 Å². The Labute approximate surface area is 151 Å². The van der Waals surface area contributed by atoms with Crippen molar-refractivity contribution in [1.82, 2.24) is 10.2 Å². The molecule has 0 bridgehead atoms. The number of nitrogens with zero attached hydrogens (tertiary/aromatic N) is 1. The fourth-order valence-electron chi connectivity index (χ4n) is 3.00. The molecule has 2 aromatic rings. The predicted octanol–water partition coefficient (Wildman–Crippen LogP) is 2.05. The average Bonchev–Trinajstić information content (AvgIpc) is 3.01. The molecule has 0 aliphatic carbocycles. The summed E-state index contributed by atoms with van der Waals surface area (Å²) in [5.41, 5.74) is 2.06. The molecule has 6 nitrogen and oxygen atoms in total. The lowest BCUT2D eigenvalue weighted by Gasteiger charge is -2.16. The fraction of sp³-hybridized carbons (Fsp3) is 0.250. The van der Waals surface area contributed by atoms with Crippen LogP contribution in [0.2, 0.25) is 0 Å². The summed E-state index contributed by atoms with van der Waals surface area (Å²) in [5.74, 6) is -1.51. The first-order valence-electron chi connectivity index (χ1n) is 8.44. The predicted molar refractivity (Wildman–Crippen MR) is 95.2 cm³/mol. The third kappa shape index (κ3) is 4.27. The summed E-state index contributed by atoms with van der Waals surface area (Å²) >= 11 is 0. The Morgan fingerprint density at radius 3 is 2.38 bits per heavy atom. The number of carbonyl (C=O) groups is 3. The number of nitrogens with one attached hydrogen (secondary N) is 1. The first-order valence-corrected chi connectivity index (χ1v) is 8.44. The molecular formula is C20H20N2O4. The summed E-state index contributed by atoms with van der Waals surface area (Å²) in [4.78, 5) is 37.1. The molecule has 1 heterocycles. The van der Waals surface area contributed by atoms with E-state index in [-0.39, 0.29) is 29.7 Å². The Balaban J connectivity index is 1.52. The Morgan fingerprint density at radius 1 is 1.04 bits per heavy atom. The van der Waals surface area contributed by atoms with Crippen LogP contribution in [0.15, 0.2) is 54.6 Å². The molecule has 0 aromatic heterocycles. The molecule has 1 saturated heterocycles. The fourth-order valence-corrected chi connectivity index (χ4v) is 3.00. The van der Waals surface area contributed by atoms with Gasteiger partial charge in [-0.05, 0) is 23.3 Å². The third-order valence-electron chi connectivity index (χ3n) is 4.47. The lowest BCUT2D eigenvalue weighted by atomic mass is 10.1. The van der Waals surface area contributed by atoms with Gasteiger partial charge >= 0.3 is 5.97 Å².